The Morgan fingerprint density at radius 3 is 2.47 bits per heavy atom. The van der Waals surface area contributed by atoms with Gasteiger partial charge in [-0.05, 0) is 49.2 Å². The normalized spacial score (nSPS) is 12.1. The van der Waals surface area contributed by atoms with Crippen molar-refractivity contribution in [1.29, 1.82) is 0 Å². The Morgan fingerprint density at radius 1 is 1.10 bits per heavy atom. The highest BCUT2D eigenvalue weighted by Gasteiger charge is 2.24. The zero-order chi connectivity index (χ0) is 22.3. The zero-order valence-electron chi connectivity index (χ0n) is 16.7. The molecule has 9 heteroatoms. The minimum absolute atomic E-state index is 0.183. The summed E-state index contributed by atoms with van der Waals surface area (Å²) in [6.07, 6.45) is 1.44. The second-order valence-corrected chi connectivity index (χ2v) is 7.92. The smallest absolute Gasteiger partial charge is 0.262 e. The average Bonchev–Trinajstić information content (AvgIpc) is 2.69. The molecule has 0 aromatic heterocycles. The van der Waals surface area contributed by atoms with Crippen molar-refractivity contribution in [2.24, 2.45) is 11.0 Å². The van der Waals surface area contributed by atoms with Crippen LogP contribution in [0.5, 0.6) is 5.75 Å². The maximum absolute atomic E-state index is 12.6. The van der Waals surface area contributed by atoms with Crippen molar-refractivity contribution >= 4 is 52.8 Å². The van der Waals surface area contributed by atoms with E-state index in [1.165, 1.54) is 24.4 Å². The maximum Gasteiger partial charge on any atom is 0.262 e. The van der Waals surface area contributed by atoms with Crippen molar-refractivity contribution in [3.63, 3.8) is 0 Å². The van der Waals surface area contributed by atoms with Crippen LogP contribution in [-0.4, -0.2) is 30.7 Å². The van der Waals surface area contributed by atoms with Gasteiger partial charge in [0.05, 0.1) is 22.9 Å². The number of halogens is 3. The summed E-state index contributed by atoms with van der Waals surface area (Å²) in [5.41, 5.74) is 3.36. The number of amides is 2. The van der Waals surface area contributed by atoms with Gasteiger partial charge < -0.3 is 10.1 Å². The van der Waals surface area contributed by atoms with E-state index in [0.717, 1.165) is 0 Å². The summed E-state index contributed by atoms with van der Waals surface area (Å²) in [4.78, 5) is 25.1. The lowest BCUT2D eigenvalue weighted by atomic mass is 10.0. The average molecular weight is 471 g/mol. The molecular formula is C21H22Cl3N3O3. The van der Waals surface area contributed by atoms with Crippen LogP contribution < -0.4 is 15.5 Å². The third kappa shape index (κ3) is 6.62. The second kappa shape index (κ2) is 11.2. The number of nitrogens with one attached hydrogen (secondary N) is 2. The quantitative estimate of drug-likeness (QED) is 0.423. The molecule has 2 amide bonds. The summed E-state index contributed by atoms with van der Waals surface area (Å²) in [5, 5.41) is 7.79. The van der Waals surface area contributed by atoms with Gasteiger partial charge in [0.1, 0.15) is 11.8 Å². The van der Waals surface area contributed by atoms with E-state index < -0.39 is 17.9 Å². The molecule has 0 heterocycles. The molecule has 2 aromatic carbocycles. The summed E-state index contributed by atoms with van der Waals surface area (Å²) in [6.45, 7) is 5.96. The van der Waals surface area contributed by atoms with Crippen molar-refractivity contribution in [1.82, 2.24) is 10.7 Å². The lowest BCUT2D eigenvalue weighted by Crippen LogP contribution is -2.48. The molecule has 0 saturated carbocycles. The number of hydrogen-bond donors (Lipinski definition) is 2. The number of rotatable bonds is 8. The number of hydrazone groups is 1. The van der Waals surface area contributed by atoms with E-state index in [1.807, 2.05) is 20.8 Å². The Labute approximate surface area is 190 Å². The molecule has 1 atom stereocenters. The summed E-state index contributed by atoms with van der Waals surface area (Å²) < 4.78 is 5.52. The molecule has 0 aliphatic heterocycles. The number of carbonyl (C=O) groups excluding carboxylic acids is 2. The molecule has 0 radical (unpaired) electrons. The number of carbonyl (C=O) groups is 2. The molecule has 0 aliphatic rings. The van der Waals surface area contributed by atoms with Crippen LogP contribution >= 0.6 is 34.8 Å². The number of ether oxygens (including phenoxy) is 1. The van der Waals surface area contributed by atoms with Gasteiger partial charge in [0.15, 0.2) is 0 Å². The molecule has 2 N–H and O–H groups in total. The largest absolute Gasteiger partial charge is 0.493 e. The molecular weight excluding hydrogens is 449 g/mol. The van der Waals surface area contributed by atoms with Gasteiger partial charge in [-0.15, -0.1) is 0 Å². The van der Waals surface area contributed by atoms with E-state index in [-0.39, 0.29) is 10.9 Å². The third-order valence-corrected chi connectivity index (χ3v) is 5.04. The first-order valence-corrected chi connectivity index (χ1v) is 10.4. The fourth-order valence-corrected chi connectivity index (χ4v) is 3.02. The topological polar surface area (TPSA) is 79.8 Å². The molecule has 0 spiro atoms. The fourth-order valence-electron chi connectivity index (χ4n) is 2.54. The van der Waals surface area contributed by atoms with Crippen LogP contribution in [0.15, 0.2) is 41.5 Å². The van der Waals surface area contributed by atoms with Crippen molar-refractivity contribution < 1.29 is 14.3 Å². The number of hydrogen-bond acceptors (Lipinski definition) is 4. The predicted octanol–water partition coefficient (Wildman–Crippen LogP) is 4.95. The Kier molecular flexibility index (Phi) is 8.96. The predicted molar refractivity (Wildman–Crippen MR) is 121 cm³/mol. The van der Waals surface area contributed by atoms with Crippen LogP contribution in [0, 0.1) is 5.92 Å². The Bertz CT molecular complexity index is 948. The molecule has 0 saturated heterocycles. The summed E-state index contributed by atoms with van der Waals surface area (Å²) in [5.74, 6) is -0.500. The van der Waals surface area contributed by atoms with Gasteiger partial charge in [-0.1, -0.05) is 48.7 Å². The van der Waals surface area contributed by atoms with E-state index in [4.69, 9.17) is 39.5 Å². The minimum Gasteiger partial charge on any atom is -0.493 e. The highest BCUT2D eigenvalue weighted by Crippen LogP contribution is 2.23. The van der Waals surface area contributed by atoms with Crippen LogP contribution in [0.1, 0.15) is 36.7 Å². The molecule has 2 aromatic rings. The van der Waals surface area contributed by atoms with Gasteiger partial charge in [-0.25, -0.2) is 5.43 Å². The molecule has 2 rings (SSSR count). The number of benzene rings is 2. The van der Waals surface area contributed by atoms with Crippen LogP contribution in [0.25, 0.3) is 0 Å². The van der Waals surface area contributed by atoms with E-state index in [1.54, 1.807) is 18.2 Å². The van der Waals surface area contributed by atoms with E-state index >= 15 is 0 Å². The first-order chi connectivity index (χ1) is 14.2. The van der Waals surface area contributed by atoms with E-state index in [2.05, 4.69) is 15.8 Å². The van der Waals surface area contributed by atoms with Gasteiger partial charge in [0, 0.05) is 16.1 Å². The van der Waals surface area contributed by atoms with Crippen molar-refractivity contribution in [3.05, 3.63) is 62.6 Å². The monoisotopic (exact) mass is 469 g/mol. The van der Waals surface area contributed by atoms with Gasteiger partial charge in [0.25, 0.3) is 11.8 Å². The Morgan fingerprint density at radius 2 is 1.83 bits per heavy atom. The summed E-state index contributed by atoms with van der Waals surface area (Å²) in [7, 11) is 0. The van der Waals surface area contributed by atoms with Crippen molar-refractivity contribution in [3.8, 4) is 5.75 Å². The Balaban J connectivity index is 2.09. The maximum atomic E-state index is 12.6. The Hall–Kier alpha value is -2.28. The third-order valence-electron chi connectivity index (χ3n) is 4.07. The number of nitrogens with zero attached hydrogens (tertiary/aromatic N) is 1. The van der Waals surface area contributed by atoms with Crippen LogP contribution in [-0.2, 0) is 4.79 Å². The van der Waals surface area contributed by atoms with Gasteiger partial charge >= 0.3 is 0 Å². The van der Waals surface area contributed by atoms with Crippen LogP contribution in [0.4, 0.5) is 0 Å². The summed E-state index contributed by atoms with van der Waals surface area (Å²) in [6, 6.07) is 8.80. The molecule has 1 unspecified atom stereocenters. The summed E-state index contributed by atoms with van der Waals surface area (Å²) >= 11 is 17.9. The first kappa shape index (κ1) is 24.0. The van der Waals surface area contributed by atoms with Gasteiger partial charge in [0.2, 0.25) is 0 Å². The highest BCUT2D eigenvalue weighted by molar-refractivity contribution is 6.42. The zero-order valence-corrected chi connectivity index (χ0v) is 19.0. The molecule has 160 valence electrons. The molecule has 6 nitrogen and oxygen atoms in total. The second-order valence-electron chi connectivity index (χ2n) is 6.67. The molecule has 0 aliphatic carbocycles. The molecule has 0 fully saturated rings. The fraction of sp³-hybridized carbons (Fsp3) is 0.286. The highest BCUT2D eigenvalue weighted by atomic mass is 35.5. The SMILES string of the molecule is CCOc1ccc(Cl)cc1C=NNC(=O)C(NC(=O)c1ccc(Cl)c(Cl)c1)C(C)C. The van der Waals surface area contributed by atoms with Gasteiger partial charge in [-0.2, -0.15) is 5.10 Å². The van der Waals surface area contributed by atoms with E-state index in [9.17, 15) is 9.59 Å². The van der Waals surface area contributed by atoms with Crippen molar-refractivity contribution in [2.45, 2.75) is 26.8 Å². The minimum atomic E-state index is -0.810. The van der Waals surface area contributed by atoms with Gasteiger partial charge in [-0.3, -0.25) is 9.59 Å². The molecule has 0 bridgehead atoms. The molecule has 30 heavy (non-hydrogen) atoms. The first-order valence-electron chi connectivity index (χ1n) is 9.24. The van der Waals surface area contributed by atoms with Crippen LogP contribution in [0.2, 0.25) is 15.1 Å². The standard InChI is InChI=1S/C21H22Cl3N3O3/c1-4-30-18-8-6-15(22)9-14(18)11-25-27-21(29)19(12(2)3)26-20(28)13-5-7-16(23)17(24)10-13/h5-12,19H,4H2,1-3H3,(H,26,28)(H,27,29). The van der Waals surface area contributed by atoms with Crippen molar-refractivity contribution in [2.75, 3.05) is 6.61 Å². The lowest BCUT2D eigenvalue weighted by Gasteiger charge is -2.20. The van der Waals surface area contributed by atoms with Crippen LogP contribution in [0.3, 0.4) is 0 Å². The lowest BCUT2D eigenvalue weighted by molar-refractivity contribution is -0.123. The van der Waals surface area contributed by atoms with E-state index in [0.29, 0.717) is 33.5 Å².